The summed E-state index contributed by atoms with van der Waals surface area (Å²) in [5.74, 6) is -5.50. The highest BCUT2D eigenvalue weighted by atomic mass is 32.1. The smallest absolute Gasteiger partial charge is 0.335 e. The summed E-state index contributed by atoms with van der Waals surface area (Å²) in [6, 6.07) is 19.0. The third-order valence-corrected chi connectivity index (χ3v) is 8.31. The molecule has 0 spiro atoms. The molecule has 12 heteroatoms. The zero-order chi connectivity index (χ0) is 30.2. The second-order valence-electron chi connectivity index (χ2n) is 9.75. The van der Waals surface area contributed by atoms with Crippen LogP contribution in [0.5, 0.6) is 0 Å². The number of benzene rings is 4. The summed E-state index contributed by atoms with van der Waals surface area (Å²) in [6.07, 6.45) is 0. The number of fused-ring (bicyclic) bond motifs is 3. The Morgan fingerprint density at radius 2 is 1.09 bits per heavy atom. The first-order valence-electron chi connectivity index (χ1n) is 12.7. The number of amides is 4. The Labute approximate surface area is 244 Å². The molecule has 0 saturated carbocycles. The highest BCUT2D eigenvalue weighted by molar-refractivity contribution is 7.21. The quantitative estimate of drug-likeness (QED) is 0.270. The van der Waals surface area contributed by atoms with Crippen LogP contribution in [0.2, 0.25) is 0 Å². The molecular formula is C31H15N3O8S. The largest absolute Gasteiger partial charge is 0.478 e. The van der Waals surface area contributed by atoms with Gasteiger partial charge in [0.05, 0.1) is 55.0 Å². The maximum atomic E-state index is 13.5. The van der Waals surface area contributed by atoms with E-state index in [0.717, 1.165) is 26.6 Å². The minimum Gasteiger partial charge on any atom is -0.478 e. The van der Waals surface area contributed by atoms with Gasteiger partial charge in [-0.3, -0.25) is 19.2 Å². The predicted octanol–water partition coefficient (Wildman–Crippen LogP) is 4.96. The number of hydrogen-bond donors (Lipinski definition) is 2. The highest BCUT2D eigenvalue weighted by Crippen LogP contribution is 2.40. The van der Waals surface area contributed by atoms with Gasteiger partial charge in [0.2, 0.25) is 0 Å². The molecule has 43 heavy (non-hydrogen) atoms. The Hall–Kier alpha value is -6.01. The fourth-order valence-electron chi connectivity index (χ4n) is 5.19. The molecule has 0 saturated heterocycles. The predicted molar refractivity (Wildman–Crippen MR) is 154 cm³/mol. The van der Waals surface area contributed by atoms with Crippen LogP contribution >= 0.6 is 11.3 Å². The number of carbonyl (C=O) groups is 6. The van der Waals surface area contributed by atoms with E-state index >= 15 is 0 Å². The van der Waals surface area contributed by atoms with Crippen LogP contribution in [0, 0.1) is 0 Å². The summed E-state index contributed by atoms with van der Waals surface area (Å²) in [5, 5.41) is 19.3. The molecule has 1 aromatic heterocycles. The van der Waals surface area contributed by atoms with Crippen LogP contribution < -0.4 is 9.80 Å². The van der Waals surface area contributed by atoms with E-state index in [9.17, 15) is 39.0 Å². The summed E-state index contributed by atoms with van der Waals surface area (Å²) in [5.41, 5.74) is 0.618. The van der Waals surface area contributed by atoms with Crippen LogP contribution in [0.1, 0.15) is 62.1 Å². The third kappa shape index (κ3) is 3.92. The summed E-state index contributed by atoms with van der Waals surface area (Å²) in [7, 11) is 0. The van der Waals surface area contributed by atoms with Gasteiger partial charge in [-0.1, -0.05) is 12.1 Å². The number of imide groups is 2. The molecule has 208 valence electrons. The molecule has 11 nitrogen and oxygen atoms in total. The lowest BCUT2D eigenvalue weighted by Gasteiger charge is -2.20. The minimum atomic E-state index is -1.27. The third-order valence-electron chi connectivity index (χ3n) is 7.23. The monoisotopic (exact) mass is 589 g/mol. The lowest BCUT2D eigenvalue weighted by Crippen LogP contribution is -2.32. The number of carboxylic acid groups (broad SMARTS) is 2. The van der Waals surface area contributed by atoms with Crippen LogP contribution in [0.15, 0.2) is 78.9 Å². The summed E-state index contributed by atoms with van der Waals surface area (Å²) in [6.45, 7) is 0. The zero-order valence-corrected chi connectivity index (χ0v) is 22.4. The van der Waals surface area contributed by atoms with Gasteiger partial charge in [0.15, 0.2) is 0 Å². The highest BCUT2D eigenvalue weighted by Gasteiger charge is 2.40. The van der Waals surface area contributed by atoms with Crippen LogP contribution in [-0.2, 0) is 0 Å². The van der Waals surface area contributed by atoms with E-state index < -0.39 is 35.6 Å². The van der Waals surface area contributed by atoms with Crippen molar-refractivity contribution in [2.45, 2.75) is 0 Å². The molecule has 0 aliphatic carbocycles. The molecule has 5 aromatic rings. The molecule has 0 unspecified atom stereocenters. The van der Waals surface area contributed by atoms with Crippen LogP contribution in [0.3, 0.4) is 0 Å². The summed E-state index contributed by atoms with van der Waals surface area (Å²) >= 11 is 1.32. The molecular weight excluding hydrogens is 574 g/mol. The van der Waals surface area contributed by atoms with Gasteiger partial charge in [-0.2, -0.15) is 0 Å². The molecule has 0 fully saturated rings. The number of anilines is 2. The Bertz CT molecular complexity index is 2010. The SMILES string of the molecule is O=C(O)c1ccc2c(c1)C(=O)N(c1cc(-c3nc4ccccc4s3)cc(N3C(=O)c4ccc(C(=O)O)cc4C3=O)c1)C2=O. The van der Waals surface area contributed by atoms with Gasteiger partial charge in [0.1, 0.15) is 5.01 Å². The molecule has 0 radical (unpaired) electrons. The van der Waals surface area contributed by atoms with Gasteiger partial charge in [0.25, 0.3) is 23.6 Å². The topological polar surface area (TPSA) is 162 Å². The summed E-state index contributed by atoms with van der Waals surface area (Å²) in [4.78, 5) is 83.3. The normalized spacial score (nSPS) is 14.0. The summed E-state index contributed by atoms with van der Waals surface area (Å²) < 4.78 is 0.855. The van der Waals surface area contributed by atoms with E-state index in [1.807, 2.05) is 24.3 Å². The van der Waals surface area contributed by atoms with Crippen molar-refractivity contribution >= 4 is 68.5 Å². The Morgan fingerprint density at radius 1 is 0.605 bits per heavy atom. The number of aromatic carboxylic acids is 2. The Kier molecular flexibility index (Phi) is 5.58. The van der Waals surface area contributed by atoms with Gasteiger partial charge in [-0.25, -0.2) is 24.4 Å². The number of aromatic nitrogens is 1. The molecule has 4 aromatic carbocycles. The van der Waals surface area contributed by atoms with Crippen molar-refractivity contribution in [3.63, 3.8) is 0 Å². The lowest BCUT2D eigenvalue weighted by atomic mass is 10.1. The van der Waals surface area contributed by atoms with E-state index in [1.54, 1.807) is 0 Å². The zero-order valence-electron chi connectivity index (χ0n) is 21.6. The number of nitrogens with zero attached hydrogens (tertiary/aromatic N) is 3. The lowest BCUT2D eigenvalue weighted by molar-refractivity contribution is 0.0686. The molecule has 7 rings (SSSR count). The second-order valence-corrected chi connectivity index (χ2v) is 10.8. The van der Waals surface area contributed by atoms with Gasteiger partial charge < -0.3 is 10.2 Å². The van der Waals surface area contributed by atoms with Gasteiger partial charge in [-0.05, 0) is 66.7 Å². The first-order chi connectivity index (χ1) is 20.6. The van der Waals surface area contributed by atoms with Crippen molar-refractivity contribution < 1.29 is 39.0 Å². The molecule has 2 aliphatic rings. The minimum absolute atomic E-state index is 0.00358. The molecule has 2 N–H and O–H groups in total. The number of carbonyl (C=O) groups excluding carboxylic acids is 4. The van der Waals surface area contributed by atoms with Crippen molar-refractivity contribution in [3.05, 3.63) is 112 Å². The van der Waals surface area contributed by atoms with Crippen molar-refractivity contribution in [2.24, 2.45) is 0 Å². The van der Waals surface area contributed by atoms with Crippen LogP contribution in [-0.4, -0.2) is 50.8 Å². The molecule has 0 bridgehead atoms. The molecule has 3 heterocycles. The van der Waals surface area contributed by atoms with Gasteiger partial charge >= 0.3 is 11.9 Å². The van der Waals surface area contributed by atoms with E-state index in [1.165, 1.54) is 53.8 Å². The van der Waals surface area contributed by atoms with Crippen molar-refractivity contribution in [3.8, 4) is 10.6 Å². The average Bonchev–Trinajstić information content (AvgIpc) is 3.62. The standard InChI is InChI=1S/C31H15N3O8S/c35-26-19-7-5-14(30(39)40)11-21(19)28(37)33(26)17-9-16(25-32-23-3-1-2-4-24(23)43-25)10-18(13-17)34-27(36)20-8-6-15(31(41)42)12-22(20)29(34)38/h1-13H,(H,39,40)(H,41,42). The van der Waals surface area contributed by atoms with Crippen molar-refractivity contribution in [1.82, 2.24) is 4.98 Å². The van der Waals surface area contributed by atoms with E-state index in [4.69, 9.17) is 0 Å². The first kappa shape index (κ1) is 25.9. The fraction of sp³-hybridized carbons (Fsp3) is 0. The molecule has 2 aliphatic heterocycles. The fourth-order valence-corrected chi connectivity index (χ4v) is 6.14. The first-order valence-corrected chi connectivity index (χ1v) is 13.5. The number of para-hydroxylation sites is 1. The van der Waals surface area contributed by atoms with E-state index in [2.05, 4.69) is 4.98 Å². The van der Waals surface area contributed by atoms with Gasteiger partial charge in [0, 0.05) is 5.56 Å². The Morgan fingerprint density at radius 3 is 1.58 bits per heavy atom. The maximum Gasteiger partial charge on any atom is 0.335 e. The number of rotatable bonds is 5. The molecule has 0 atom stereocenters. The van der Waals surface area contributed by atoms with Gasteiger partial charge in [-0.15, -0.1) is 11.3 Å². The van der Waals surface area contributed by atoms with E-state index in [-0.39, 0.29) is 44.8 Å². The average molecular weight is 590 g/mol. The second kappa shape index (κ2) is 9.26. The van der Waals surface area contributed by atoms with Crippen molar-refractivity contribution in [2.75, 3.05) is 9.80 Å². The van der Waals surface area contributed by atoms with Crippen molar-refractivity contribution in [1.29, 1.82) is 0 Å². The van der Waals surface area contributed by atoms with Crippen LogP contribution in [0.4, 0.5) is 11.4 Å². The maximum absolute atomic E-state index is 13.5. The number of hydrogen-bond acceptors (Lipinski definition) is 8. The number of carboxylic acids is 2. The van der Waals surface area contributed by atoms with E-state index in [0.29, 0.717) is 16.1 Å². The van der Waals surface area contributed by atoms with Crippen LogP contribution in [0.25, 0.3) is 20.8 Å². The molecule has 4 amide bonds. The Balaban J connectivity index is 1.39. The number of thiazole rings is 1.